The summed E-state index contributed by atoms with van der Waals surface area (Å²) in [4.78, 5) is 0. The highest BCUT2D eigenvalue weighted by molar-refractivity contribution is 6.18. The van der Waals surface area contributed by atoms with Crippen LogP contribution >= 0.6 is 11.6 Å². The number of anilines is 1. The van der Waals surface area contributed by atoms with Crippen LogP contribution < -0.4 is 14.8 Å². The van der Waals surface area contributed by atoms with E-state index in [9.17, 15) is 0 Å². The van der Waals surface area contributed by atoms with Gasteiger partial charge in [-0.15, -0.1) is 11.6 Å². The zero-order valence-corrected chi connectivity index (χ0v) is 7.80. The molecule has 0 saturated carbocycles. The quantitative estimate of drug-likeness (QED) is 0.756. The summed E-state index contributed by atoms with van der Waals surface area (Å²) in [6.45, 7) is 1.06. The Balaban J connectivity index is 2.12. The lowest BCUT2D eigenvalue weighted by Crippen LogP contribution is -2.01. The predicted molar refractivity (Wildman–Crippen MR) is 51.8 cm³/mol. The Hall–Kier alpha value is -1.09. The zero-order chi connectivity index (χ0) is 9.10. The van der Waals surface area contributed by atoms with Gasteiger partial charge in [0.2, 0.25) is 6.79 Å². The Morgan fingerprint density at radius 1 is 1.31 bits per heavy atom. The normalized spacial score (nSPS) is 13.0. The van der Waals surface area contributed by atoms with Crippen molar-refractivity contribution in [1.82, 2.24) is 0 Å². The van der Waals surface area contributed by atoms with E-state index >= 15 is 0 Å². The van der Waals surface area contributed by atoms with Crippen LogP contribution in [0.2, 0.25) is 0 Å². The molecule has 1 aromatic carbocycles. The van der Waals surface area contributed by atoms with Gasteiger partial charge < -0.3 is 14.8 Å². The lowest BCUT2D eigenvalue weighted by Gasteiger charge is -2.04. The van der Waals surface area contributed by atoms with Gasteiger partial charge in [-0.05, 0) is 12.1 Å². The van der Waals surface area contributed by atoms with Gasteiger partial charge in [0.05, 0.1) is 0 Å². The molecule has 0 atom stereocenters. The van der Waals surface area contributed by atoms with Crippen molar-refractivity contribution in [3.63, 3.8) is 0 Å². The summed E-state index contributed by atoms with van der Waals surface area (Å²) in [7, 11) is 0. The molecule has 1 heterocycles. The van der Waals surface area contributed by atoms with Crippen molar-refractivity contribution in [3.8, 4) is 11.5 Å². The van der Waals surface area contributed by atoms with Crippen molar-refractivity contribution < 1.29 is 9.47 Å². The molecule has 70 valence electrons. The smallest absolute Gasteiger partial charge is 0.231 e. The summed E-state index contributed by atoms with van der Waals surface area (Å²) in [5.74, 6) is 2.19. The number of rotatable bonds is 3. The van der Waals surface area contributed by atoms with Crippen LogP contribution in [0.3, 0.4) is 0 Å². The number of nitrogens with one attached hydrogen (secondary N) is 1. The van der Waals surface area contributed by atoms with Crippen molar-refractivity contribution in [3.05, 3.63) is 18.2 Å². The maximum Gasteiger partial charge on any atom is 0.231 e. The molecule has 1 aromatic rings. The molecule has 1 aliphatic heterocycles. The minimum absolute atomic E-state index is 0.314. The van der Waals surface area contributed by atoms with Crippen molar-refractivity contribution >= 4 is 17.3 Å². The topological polar surface area (TPSA) is 30.5 Å². The maximum atomic E-state index is 5.55. The van der Waals surface area contributed by atoms with Crippen molar-refractivity contribution in [2.45, 2.75) is 0 Å². The van der Waals surface area contributed by atoms with Crippen LogP contribution in [0.25, 0.3) is 0 Å². The van der Waals surface area contributed by atoms with Crippen molar-refractivity contribution in [1.29, 1.82) is 0 Å². The van der Waals surface area contributed by atoms with Gasteiger partial charge >= 0.3 is 0 Å². The fourth-order valence-corrected chi connectivity index (χ4v) is 1.29. The number of hydrogen-bond acceptors (Lipinski definition) is 3. The minimum atomic E-state index is 0.314. The van der Waals surface area contributed by atoms with E-state index in [2.05, 4.69) is 5.32 Å². The summed E-state index contributed by atoms with van der Waals surface area (Å²) in [6.07, 6.45) is 0. The first-order chi connectivity index (χ1) is 6.40. The van der Waals surface area contributed by atoms with Crippen LogP contribution in [-0.4, -0.2) is 19.2 Å². The summed E-state index contributed by atoms with van der Waals surface area (Å²) in [6, 6.07) is 5.74. The number of benzene rings is 1. The highest BCUT2D eigenvalue weighted by Gasteiger charge is 2.12. The average molecular weight is 200 g/mol. The second kappa shape index (κ2) is 3.75. The number of fused-ring (bicyclic) bond motifs is 1. The Labute approximate surface area is 81.6 Å². The number of ether oxygens (including phenoxy) is 2. The third-order valence-electron chi connectivity index (χ3n) is 1.80. The molecule has 0 amide bonds. The van der Waals surface area contributed by atoms with Crippen LogP contribution in [0.15, 0.2) is 18.2 Å². The molecule has 13 heavy (non-hydrogen) atoms. The molecule has 0 spiro atoms. The van der Waals surface area contributed by atoms with Gasteiger partial charge in [0.1, 0.15) is 0 Å². The molecule has 0 aliphatic carbocycles. The second-order valence-electron chi connectivity index (χ2n) is 2.68. The Kier molecular flexibility index (Phi) is 2.45. The molecule has 0 radical (unpaired) electrons. The van der Waals surface area contributed by atoms with Gasteiger partial charge in [-0.2, -0.15) is 0 Å². The van der Waals surface area contributed by atoms with E-state index in [0.29, 0.717) is 12.7 Å². The summed E-state index contributed by atoms with van der Waals surface area (Å²) in [5, 5.41) is 3.16. The maximum absolute atomic E-state index is 5.55. The molecule has 1 N–H and O–H groups in total. The SMILES string of the molecule is ClCCNc1ccc2c(c1)OCO2. The van der Waals surface area contributed by atoms with Crippen LogP contribution in [0.4, 0.5) is 5.69 Å². The third-order valence-corrected chi connectivity index (χ3v) is 1.99. The van der Waals surface area contributed by atoms with E-state index in [1.807, 2.05) is 18.2 Å². The zero-order valence-electron chi connectivity index (χ0n) is 7.05. The lowest BCUT2D eigenvalue weighted by atomic mass is 10.3. The number of hydrogen-bond donors (Lipinski definition) is 1. The van der Waals surface area contributed by atoms with Crippen molar-refractivity contribution in [2.75, 3.05) is 24.5 Å². The monoisotopic (exact) mass is 199 g/mol. The Morgan fingerprint density at radius 3 is 3.00 bits per heavy atom. The molecule has 0 unspecified atom stereocenters. The van der Waals surface area contributed by atoms with E-state index in [4.69, 9.17) is 21.1 Å². The first-order valence-electron chi connectivity index (χ1n) is 4.09. The van der Waals surface area contributed by atoms with E-state index in [1.54, 1.807) is 0 Å². The molecular formula is C9H10ClNO2. The first-order valence-corrected chi connectivity index (χ1v) is 4.63. The highest BCUT2D eigenvalue weighted by Crippen LogP contribution is 2.33. The van der Waals surface area contributed by atoms with E-state index in [0.717, 1.165) is 23.7 Å². The Morgan fingerprint density at radius 2 is 2.15 bits per heavy atom. The van der Waals surface area contributed by atoms with E-state index in [-0.39, 0.29) is 0 Å². The molecule has 0 saturated heterocycles. The molecular weight excluding hydrogens is 190 g/mol. The van der Waals surface area contributed by atoms with Gasteiger partial charge in [0.15, 0.2) is 11.5 Å². The van der Waals surface area contributed by atoms with Gasteiger partial charge in [0.25, 0.3) is 0 Å². The standard InChI is InChI=1S/C9H10ClNO2/c10-3-4-11-7-1-2-8-9(5-7)13-6-12-8/h1-2,5,11H,3-4,6H2. The fraction of sp³-hybridized carbons (Fsp3) is 0.333. The molecule has 2 rings (SSSR count). The molecule has 1 aliphatic rings. The van der Waals surface area contributed by atoms with Crippen LogP contribution in [0.1, 0.15) is 0 Å². The van der Waals surface area contributed by atoms with Crippen molar-refractivity contribution in [2.24, 2.45) is 0 Å². The Bertz CT molecular complexity index is 304. The lowest BCUT2D eigenvalue weighted by molar-refractivity contribution is 0.174. The fourth-order valence-electron chi connectivity index (χ4n) is 1.20. The number of alkyl halides is 1. The highest BCUT2D eigenvalue weighted by atomic mass is 35.5. The molecule has 0 aromatic heterocycles. The third kappa shape index (κ3) is 1.80. The average Bonchev–Trinajstić information content (AvgIpc) is 2.61. The van der Waals surface area contributed by atoms with Crippen LogP contribution in [0, 0.1) is 0 Å². The van der Waals surface area contributed by atoms with E-state index in [1.165, 1.54) is 0 Å². The minimum Gasteiger partial charge on any atom is -0.454 e. The van der Waals surface area contributed by atoms with Crippen LogP contribution in [-0.2, 0) is 0 Å². The van der Waals surface area contributed by atoms with E-state index < -0.39 is 0 Å². The van der Waals surface area contributed by atoms with Gasteiger partial charge in [-0.1, -0.05) is 0 Å². The molecule has 0 bridgehead atoms. The molecule has 0 fully saturated rings. The summed E-state index contributed by atoms with van der Waals surface area (Å²) >= 11 is 5.55. The van der Waals surface area contributed by atoms with Crippen LogP contribution in [0.5, 0.6) is 11.5 Å². The van der Waals surface area contributed by atoms with Gasteiger partial charge in [-0.25, -0.2) is 0 Å². The summed E-state index contributed by atoms with van der Waals surface area (Å²) < 4.78 is 10.4. The summed E-state index contributed by atoms with van der Waals surface area (Å²) in [5.41, 5.74) is 1.00. The second-order valence-corrected chi connectivity index (χ2v) is 3.06. The largest absolute Gasteiger partial charge is 0.454 e. The van der Waals surface area contributed by atoms with Gasteiger partial charge in [-0.3, -0.25) is 0 Å². The predicted octanol–water partition coefficient (Wildman–Crippen LogP) is 2.07. The number of halogens is 1. The first kappa shape index (κ1) is 8.51. The molecule has 3 nitrogen and oxygen atoms in total. The molecule has 4 heteroatoms. The van der Waals surface area contributed by atoms with Gasteiger partial charge in [0, 0.05) is 24.2 Å².